The van der Waals surface area contributed by atoms with Crippen LogP contribution in [0.3, 0.4) is 0 Å². The number of rotatable bonds is 4. The Hall–Kier alpha value is -1.84. The summed E-state index contributed by atoms with van der Waals surface area (Å²) in [5.74, 6) is -0.0590. The number of aryl methyl sites for hydroxylation is 1. The summed E-state index contributed by atoms with van der Waals surface area (Å²) in [5.41, 5.74) is 1.26. The van der Waals surface area contributed by atoms with E-state index in [1.54, 1.807) is 4.90 Å². The quantitative estimate of drug-likeness (QED) is 0.860. The largest absolute Gasteiger partial charge is 0.345 e. The molecule has 1 aromatic rings. The Labute approximate surface area is 107 Å². The highest BCUT2D eigenvalue weighted by Crippen LogP contribution is 2.11. The smallest absolute Gasteiger partial charge is 0.242 e. The number of piperazine rings is 1. The monoisotopic (exact) mass is 246 g/mol. The van der Waals surface area contributed by atoms with Crippen LogP contribution in [0.15, 0.2) is 30.3 Å². The molecule has 1 fully saturated rings. The molecule has 0 radical (unpaired) electrons. The number of amides is 2. The van der Waals surface area contributed by atoms with Gasteiger partial charge < -0.3 is 10.2 Å². The molecule has 1 aliphatic heterocycles. The predicted octanol–water partition coefficient (Wildman–Crippen LogP) is 0.966. The maximum absolute atomic E-state index is 11.7. The van der Waals surface area contributed by atoms with E-state index in [-0.39, 0.29) is 30.9 Å². The van der Waals surface area contributed by atoms with Crippen molar-refractivity contribution < 1.29 is 9.59 Å². The number of hydrogen-bond acceptors (Lipinski definition) is 2. The summed E-state index contributed by atoms with van der Waals surface area (Å²) in [5, 5.41) is 2.56. The van der Waals surface area contributed by atoms with Gasteiger partial charge in [0.15, 0.2) is 0 Å². The molecule has 4 heteroatoms. The number of benzene rings is 1. The summed E-state index contributed by atoms with van der Waals surface area (Å²) in [6.45, 7) is 2.32. The third-order valence-electron chi connectivity index (χ3n) is 3.30. The van der Waals surface area contributed by atoms with Crippen molar-refractivity contribution in [3.8, 4) is 0 Å². The molecule has 4 nitrogen and oxygen atoms in total. The van der Waals surface area contributed by atoms with Crippen LogP contribution in [-0.2, 0) is 16.0 Å². The summed E-state index contributed by atoms with van der Waals surface area (Å²) in [4.78, 5) is 24.7. The van der Waals surface area contributed by atoms with Gasteiger partial charge in [-0.05, 0) is 25.3 Å². The standard InChI is InChI=1S/C14H18N2O2/c1-11(7-8-12-5-3-2-4-6-12)16-10-13(17)15-9-14(16)18/h2-6,11H,7-10H2,1H3,(H,15,17). The van der Waals surface area contributed by atoms with Gasteiger partial charge in [-0.15, -0.1) is 0 Å². The van der Waals surface area contributed by atoms with Crippen molar-refractivity contribution in [3.63, 3.8) is 0 Å². The lowest BCUT2D eigenvalue weighted by atomic mass is 10.0. The van der Waals surface area contributed by atoms with Crippen molar-refractivity contribution in [2.75, 3.05) is 13.1 Å². The molecule has 1 aromatic carbocycles. The minimum atomic E-state index is -0.0684. The third kappa shape index (κ3) is 3.09. The Balaban J connectivity index is 1.89. The minimum absolute atomic E-state index is 0.00941. The van der Waals surface area contributed by atoms with Crippen LogP contribution in [0.25, 0.3) is 0 Å². The lowest BCUT2D eigenvalue weighted by Gasteiger charge is -2.32. The molecular weight excluding hydrogens is 228 g/mol. The molecule has 0 bridgehead atoms. The molecule has 2 amide bonds. The molecule has 2 rings (SSSR count). The summed E-state index contributed by atoms with van der Waals surface area (Å²) in [6.07, 6.45) is 1.80. The van der Waals surface area contributed by atoms with Crippen LogP contribution in [0.2, 0.25) is 0 Å². The highest BCUT2D eigenvalue weighted by molar-refractivity contribution is 5.92. The lowest BCUT2D eigenvalue weighted by Crippen LogP contribution is -2.54. The molecule has 1 atom stereocenters. The Kier molecular flexibility index (Phi) is 3.97. The maximum Gasteiger partial charge on any atom is 0.242 e. The van der Waals surface area contributed by atoms with Crippen molar-refractivity contribution in [2.24, 2.45) is 0 Å². The summed E-state index contributed by atoms with van der Waals surface area (Å²) >= 11 is 0. The van der Waals surface area contributed by atoms with Crippen LogP contribution >= 0.6 is 0 Å². The van der Waals surface area contributed by atoms with Gasteiger partial charge in [-0.3, -0.25) is 9.59 Å². The van der Waals surface area contributed by atoms with Crippen molar-refractivity contribution in [1.29, 1.82) is 0 Å². The molecule has 96 valence electrons. The topological polar surface area (TPSA) is 49.4 Å². The SMILES string of the molecule is CC(CCc1ccccc1)N1CC(=O)NCC1=O. The van der Waals surface area contributed by atoms with Crippen LogP contribution < -0.4 is 5.32 Å². The van der Waals surface area contributed by atoms with Gasteiger partial charge in [-0.1, -0.05) is 30.3 Å². The second-order valence-corrected chi connectivity index (χ2v) is 4.67. The summed E-state index contributed by atoms with van der Waals surface area (Å²) in [6, 6.07) is 10.3. The van der Waals surface area contributed by atoms with Crippen molar-refractivity contribution >= 4 is 11.8 Å². The van der Waals surface area contributed by atoms with E-state index in [0.717, 1.165) is 12.8 Å². The first-order valence-corrected chi connectivity index (χ1v) is 6.27. The third-order valence-corrected chi connectivity index (χ3v) is 3.30. The predicted molar refractivity (Wildman–Crippen MR) is 68.9 cm³/mol. The molecule has 0 spiro atoms. The molecule has 1 heterocycles. The van der Waals surface area contributed by atoms with Gasteiger partial charge in [0, 0.05) is 6.04 Å². The van der Waals surface area contributed by atoms with Gasteiger partial charge in [0.1, 0.15) is 0 Å². The normalized spacial score (nSPS) is 17.5. The molecule has 0 aromatic heterocycles. The van der Waals surface area contributed by atoms with Gasteiger partial charge >= 0.3 is 0 Å². The molecule has 18 heavy (non-hydrogen) atoms. The van der Waals surface area contributed by atoms with Crippen LogP contribution in [0.5, 0.6) is 0 Å². The molecule has 1 aliphatic rings. The second kappa shape index (κ2) is 5.67. The van der Waals surface area contributed by atoms with E-state index in [2.05, 4.69) is 17.4 Å². The molecule has 1 N–H and O–H groups in total. The van der Waals surface area contributed by atoms with E-state index in [9.17, 15) is 9.59 Å². The van der Waals surface area contributed by atoms with E-state index in [1.165, 1.54) is 5.56 Å². The van der Waals surface area contributed by atoms with Gasteiger partial charge in [0.2, 0.25) is 11.8 Å². The zero-order chi connectivity index (χ0) is 13.0. The maximum atomic E-state index is 11.7. The second-order valence-electron chi connectivity index (χ2n) is 4.67. The lowest BCUT2D eigenvalue weighted by molar-refractivity contribution is -0.142. The van der Waals surface area contributed by atoms with Crippen molar-refractivity contribution in [1.82, 2.24) is 10.2 Å². The van der Waals surface area contributed by atoms with Crippen LogP contribution in [0.4, 0.5) is 0 Å². The minimum Gasteiger partial charge on any atom is -0.345 e. The molecular formula is C14H18N2O2. The number of carbonyl (C=O) groups excluding carboxylic acids is 2. The Morgan fingerprint density at radius 3 is 2.72 bits per heavy atom. The first-order chi connectivity index (χ1) is 8.66. The average molecular weight is 246 g/mol. The zero-order valence-electron chi connectivity index (χ0n) is 10.6. The van der Waals surface area contributed by atoms with Gasteiger partial charge in [-0.25, -0.2) is 0 Å². The van der Waals surface area contributed by atoms with Gasteiger partial charge in [0.05, 0.1) is 13.1 Å². The highest BCUT2D eigenvalue weighted by atomic mass is 16.2. The highest BCUT2D eigenvalue weighted by Gasteiger charge is 2.26. The van der Waals surface area contributed by atoms with E-state index in [1.807, 2.05) is 25.1 Å². The van der Waals surface area contributed by atoms with Gasteiger partial charge in [-0.2, -0.15) is 0 Å². The fraction of sp³-hybridized carbons (Fsp3) is 0.429. The molecule has 0 saturated carbocycles. The molecule has 0 aliphatic carbocycles. The fourth-order valence-corrected chi connectivity index (χ4v) is 2.15. The van der Waals surface area contributed by atoms with Crippen LogP contribution in [0.1, 0.15) is 18.9 Å². The average Bonchev–Trinajstić information content (AvgIpc) is 2.40. The van der Waals surface area contributed by atoms with Crippen LogP contribution in [-0.4, -0.2) is 35.8 Å². The van der Waals surface area contributed by atoms with Crippen molar-refractivity contribution in [2.45, 2.75) is 25.8 Å². The number of nitrogens with one attached hydrogen (secondary N) is 1. The molecule has 1 unspecified atom stereocenters. The number of hydrogen-bond donors (Lipinski definition) is 1. The van der Waals surface area contributed by atoms with Crippen molar-refractivity contribution in [3.05, 3.63) is 35.9 Å². The first-order valence-electron chi connectivity index (χ1n) is 6.27. The van der Waals surface area contributed by atoms with Crippen LogP contribution in [0, 0.1) is 0 Å². The Morgan fingerprint density at radius 1 is 1.28 bits per heavy atom. The van der Waals surface area contributed by atoms with E-state index in [4.69, 9.17) is 0 Å². The van der Waals surface area contributed by atoms with E-state index >= 15 is 0 Å². The fourth-order valence-electron chi connectivity index (χ4n) is 2.15. The molecule has 1 saturated heterocycles. The Morgan fingerprint density at radius 2 is 2.00 bits per heavy atom. The van der Waals surface area contributed by atoms with E-state index < -0.39 is 0 Å². The Bertz CT molecular complexity index is 431. The number of carbonyl (C=O) groups is 2. The number of nitrogens with zero attached hydrogens (tertiary/aromatic N) is 1. The summed E-state index contributed by atoms with van der Waals surface area (Å²) in [7, 11) is 0. The summed E-state index contributed by atoms with van der Waals surface area (Å²) < 4.78 is 0. The van der Waals surface area contributed by atoms with E-state index in [0.29, 0.717) is 0 Å². The van der Waals surface area contributed by atoms with Gasteiger partial charge in [0.25, 0.3) is 0 Å². The zero-order valence-corrected chi connectivity index (χ0v) is 10.6. The first kappa shape index (κ1) is 12.6.